The number of aliphatic hydroxyl groups is 1. The molecule has 0 saturated heterocycles. The largest absolute Gasteiger partial charge is 0.481 e. The molecule has 0 radical (unpaired) electrons. The Kier molecular flexibility index (Phi) is 18.5. The van der Waals surface area contributed by atoms with Crippen molar-refractivity contribution in [1.82, 2.24) is 0 Å². The van der Waals surface area contributed by atoms with Gasteiger partial charge in [0.2, 0.25) is 0 Å². The summed E-state index contributed by atoms with van der Waals surface area (Å²) in [5, 5.41) is 27.7. The van der Waals surface area contributed by atoms with Gasteiger partial charge in [-0.05, 0) is 19.3 Å². The molecular weight excluding hydrogens is 356 g/mol. The molecule has 28 heavy (non-hydrogen) atoms. The van der Waals surface area contributed by atoms with E-state index in [-0.39, 0.29) is 12.5 Å². The number of aliphatic hydroxyl groups excluding tert-OH is 1. The maximum Gasteiger partial charge on any atom is 0.317 e. The van der Waals surface area contributed by atoms with Crippen LogP contribution in [0.25, 0.3) is 0 Å². The Morgan fingerprint density at radius 3 is 1.25 bits per heavy atom. The second-order valence-corrected chi connectivity index (χ2v) is 8.20. The lowest BCUT2D eigenvalue weighted by atomic mass is 9.99. The maximum atomic E-state index is 10.8. The summed E-state index contributed by atoms with van der Waals surface area (Å²) in [4.78, 5) is 21.6. The molecule has 0 aliphatic carbocycles. The molecule has 1 atom stereocenters. The summed E-state index contributed by atoms with van der Waals surface area (Å²) >= 11 is 0. The van der Waals surface area contributed by atoms with Gasteiger partial charge in [-0.2, -0.15) is 0 Å². The predicted octanol–water partition coefficient (Wildman–Crippen LogP) is 6.17. The lowest BCUT2D eigenvalue weighted by Gasteiger charge is -2.10. The van der Waals surface area contributed by atoms with Gasteiger partial charge in [0, 0.05) is 0 Å². The van der Waals surface area contributed by atoms with Gasteiger partial charge in [-0.25, -0.2) is 0 Å². The van der Waals surface area contributed by atoms with E-state index in [1.807, 2.05) is 0 Å². The van der Waals surface area contributed by atoms with Gasteiger partial charge in [-0.3, -0.25) is 9.59 Å². The Morgan fingerprint density at radius 1 is 0.571 bits per heavy atom. The molecule has 5 nitrogen and oxygen atoms in total. The van der Waals surface area contributed by atoms with Gasteiger partial charge in [0.15, 0.2) is 5.92 Å². The molecule has 0 amide bonds. The topological polar surface area (TPSA) is 94.8 Å². The highest BCUT2D eigenvalue weighted by Gasteiger charge is 2.24. The van der Waals surface area contributed by atoms with Gasteiger partial charge in [0.05, 0.1) is 6.10 Å². The van der Waals surface area contributed by atoms with E-state index in [1.54, 1.807) is 0 Å². The number of hydrogen-bond donors (Lipinski definition) is 3. The van der Waals surface area contributed by atoms with Crippen molar-refractivity contribution >= 4 is 11.9 Å². The van der Waals surface area contributed by atoms with Crippen LogP contribution in [0.5, 0.6) is 0 Å². The van der Waals surface area contributed by atoms with Gasteiger partial charge in [-0.1, -0.05) is 103 Å². The summed E-state index contributed by atoms with van der Waals surface area (Å²) < 4.78 is 0. The summed E-state index contributed by atoms with van der Waals surface area (Å²) in [6.45, 7) is 2.25. The van der Waals surface area contributed by atoms with E-state index in [9.17, 15) is 14.7 Å². The molecule has 5 heteroatoms. The Labute approximate surface area is 171 Å². The van der Waals surface area contributed by atoms with E-state index in [2.05, 4.69) is 6.92 Å². The highest BCUT2D eigenvalue weighted by molar-refractivity contribution is 5.92. The van der Waals surface area contributed by atoms with Crippen molar-refractivity contribution in [2.45, 2.75) is 129 Å². The summed E-state index contributed by atoms with van der Waals surface area (Å²) in [6.07, 6.45) is 19.3. The Bertz CT molecular complexity index is 369. The highest BCUT2D eigenvalue weighted by atomic mass is 16.4. The Morgan fingerprint density at radius 2 is 0.893 bits per heavy atom. The average molecular weight is 401 g/mol. The van der Waals surface area contributed by atoms with E-state index in [4.69, 9.17) is 10.2 Å². The quantitative estimate of drug-likeness (QED) is 0.158. The minimum Gasteiger partial charge on any atom is -0.481 e. The molecule has 0 aliphatic rings. The average Bonchev–Trinajstić information content (AvgIpc) is 2.64. The normalized spacial score (nSPS) is 12.4. The van der Waals surface area contributed by atoms with E-state index < -0.39 is 17.9 Å². The molecular formula is C23H44O5. The molecule has 0 spiro atoms. The number of rotatable bonds is 21. The van der Waals surface area contributed by atoms with Crippen LogP contribution in [0, 0.1) is 5.92 Å². The van der Waals surface area contributed by atoms with Crippen LogP contribution in [0.1, 0.15) is 122 Å². The Balaban J connectivity index is 3.36. The van der Waals surface area contributed by atoms with Gasteiger partial charge >= 0.3 is 11.9 Å². The smallest absolute Gasteiger partial charge is 0.317 e. The van der Waals surface area contributed by atoms with Crippen LogP contribution in [0.2, 0.25) is 0 Å². The molecule has 1 unspecified atom stereocenters. The summed E-state index contributed by atoms with van der Waals surface area (Å²) in [6, 6.07) is 0. The molecule has 166 valence electrons. The van der Waals surface area contributed by atoms with Crippen molar-refractivity contribution in [3.63, 3.8) is 0 Å². The predicted molar refractivity (Wildman–Crippen MR) is 114 cm³/mol. The van der Waals surface area contributed by atoms with Crippen LogP contribution in [-0.4, -0.2) is 33.4 Å². The molecule has 0 aromatic carbocycles. The minimum absolute atomic E-state index is 0.197. The van der Waals surface area contributed by atoms with Crippen molar-refractivity contribution in [3.8, 4) is 0 Å². The van der Waals surface area contributed by atoms with Crippen LogP contribution in [0.15, 0.2) is 0 Å². The van der Waals surface area contributed by atoms with Crippen LogP contribution in [-0.2, 0) is 9.59 Å². The standard InChI is InChI=1S/C23H44O5/c1-2-3-4-5-6-7-8-9-11-14-17-20(24)18-15-12-10-13-16-19-21(22(25)26)23(27)28/h20-21,24H,2-19H2,1H3,(H,25,26)(H,27,28). The fourth-order valence-corrected chi connectivity index (χ4v) is 3.62. The van der Waals surface area contributed by atoms with Crippen LogP contribution >= 0.6 is 0 Å². The number of aliphatic carboxylic acids is 2. The summed E-state index contributed by atoms with van der Waals surface area (Å²) in [5.74, 6) is -3.77. The Hall–Kier alpha value is -1.10. The first-order valence-corrected chi connectivity index (χ1v) is 11.6. The number of hydrogen-bond acceptors (Lipinski definition) is 3. The number of unbranched alkanes of at least 4 members (excludes halogenated alkanes) is 13. The van der Waals surface area contributed by atoms with E-state index in [1.165, 1.54) is 57.8 Å². The van der Waals surface area contributed by atoms with Gasteiger partial charge in [0.1, 0.15) is 0 Å². The minimum atomic E-state index is -1.28. The third-order valence-electron chi connectivity index (χ3n) is 5.52. The van der Waals surface area contributed by atoms with Crippen molar-refractivity contribution in [3.05, 3.63) is 0 Å². The zero-order valence-corrected chi connectivity index (χ0v) is 18.0. The number of carbonyl (C=O) groups is 2. The van der Waals surface area contributed by atoms with Crippen LogP contribution in [0.4, 0.5) is 0 Å². The molecule has 0 aromatic heterocycles. The maximum absolute atomic E-state index is 10.8. The number of carboxylic acid groups (broad SMARTS) is 2. The fraction of sp³-hybridized carbons (Fsp3) is 0.913. The first kappa shape index (κ1) is 26.9. The van der Waals surface area contributed by atoms with E-state index in [0.717, 1.165) is 44.9 Å². The molecule has 0 fully saturated rings. The summed E-state index contributed by atoms with van der Waals surface area (Å²) in [7, 11) is 0. The molecule has 0 rings (SSSR count). The third-order valence-corrected chi connectivity index (χ3v) is 5.52. The second kappa shape index (κ2) is 19.2. The molecule has 0 heterocycles. The SMILES string of the molecule is CCCCCCCCCCCCC(O)CCCCCCCC(C(=O)O)C(=O)O. The van der Waals surface area contributed by atoms with Gasteiger partial charge in [-0.15, -0.1) is 0 Å². The fourth-order valence-electron chi connectivity index (χ4n) is 3.62. The molecule has 0 saturated carbocycles. The van der Waals surface area contributed by atoms with E-state index in [0.29, 0.717) is 6.42 Å². The van der Waals surface area contributed by atoms with Crippen molar-refractivity contribution in [2.24, 2.45) is 5.92 Å². The lowest BCUT2D eigenvalue weighted by molar-refractivity contribution is -0.154. The third kappa shape index (κ3) is 17.0. The van der Waals surface area contributed by atoms with Crippen molar-refractivity contribution < 1.29 is 24.9 Å². The molecule has 0 aromatic rings. The van der Waals surface area contributed by atoms with Crippen LogP contribution < -0.4 is 0 Å². The molecule has 0 aliphatic heterocycles. The first-order chi connectivity index (χ1) is 13.5. The highest BCUT2D eigenvalue weighted by Crippen LogP contribution is 2.16. The second-order valence-electron chi connectivity index (χ2n) is 8.20. The van der Waals surface area contributed by atoms with E-state index >= 15 is 0 Å². The van der Waals surface area contributed by atoms with Gasteiger partial charge < -0.3 is 15.3 Å². The summed E-state index contributed by atoms with van der Waals surface area (Å²) in [5.41, 5.74) is 0. The van der Waals surface area contributed by atoms with Crippen LogP contribution in [0.3, 0.4) is 0 Å². The van der Waals surface area contributed by atoms with Gasteiger partial charge in [0.25, 0.3) is 0 Å². The molecule has 0 bridgehead atoms. The van der Waals surface area contributed by atoms with Crippen molar-refractivity contribution in [1.29, 1.82) is 0 Å². The zero-order chi connectivity index (χ0) is 21.0. The first-order valence-electron chi connectivity index (χ1n) is 11.6. The lowest BCUT2D eigenvalue weighted by Crippen LogP contribution is -2.23. The monoisotopic (exact) mass is 400 g/mol. The molecule has 3 N–H and O–H groups in total. The number of carboxylic acids is 2. The van der Waals surface area contributed by atoms with Crippen molar-refractivity contribution in [2.75, 3.05) is 0 Å². The zero-order valence-electron chi connectivity index (χ0n) is 18.0.